The highest BCUT2D eigenvalue weighted by molar-refractivity contribution is 7.99. The molecule has 0 unspecified atom stereocenters. The summed E-state index contributed by atoms with van der Waals surface area (Å²) in [7, 11) is 0. The minimum atomic E-state index is -0.332. The van der Waals surface area contributed by atoms with Crippen LogP contribution in [-0.2, 0) is 18.9 Å². The molecule has 3 aliphatic heterocycles. The molecule has 0 bridgehead atoms. The second-order valence-corrected chi connectivity index (χ2v) is 18.5. The van der Waals surface area contributed by atoms with Gasteiger partial charge in [-0.1, -0.05) is 147 Å². The van der Waals surface area contributed by atoms with Crippen molar-refractivity contribution < 1.29 is 18.9 Å². The SMILES string of the molecule is CCCCCCN1c2ccc(N(c3ccc(-c4ccccc4)cc3)c3ccc(C4OCCO4)cc3)cc2Sc2cc(N(c3ccc(-c4ccccc4)cc3)c3ccc(C4OCCO4)cc3)ccc21. The van der Waals surface area contributed by atoms with Gasteiger partial charge in [-0.25, -0.2) is 0 Å². The Bertz CT molecular complexity index is 2720. The number of fused-ring (bicyclic) bond motifs is 2. The molecule has 0 radical (unpaired) electrons. The third-order valence-electron chi connectivity index (χ3n) is 13.0. The maximum absolute atomic E-state index is 5.87. The molecular formula is C60H55N3O4S. The van der Waals surface area contributed by atoms with E-state index in [9.17, 15) is 0 Å². The maximum Gasteiger partial charge on any atom is 0.184 e. The highest BCUT2D eigenvalue weighted by Gasteiger charge is 2.28. The van der Waals surface area contributed by atoms with Gasteiger partial charge in [-0.15, -0.1) is 0 Å². The summed E-state index contributed by atoms with van der Waals surface area (Å²) in [5.41, 5.74) is 15.7. The van der Waals surface area contributed by atoms with Crippen LogP contribution in [-0.4, -0.2) is 33.0 Å². The van der Waals surface area contributed by atoms with Gasteiger partial charge >= 0.3 is 0 Å². The third-order valence-corrected chi connectivity index (χ3v) is 14.1. The van der Waals surface area contributed by atoms with Gasteiger partial charge in [0.25, 0.3) is 0 Å². The lowest BCUT2D eigenvalue weighted by molar-refractivity contribution is -0.0443. The van der Waals surface area contributed by atoms with E-state index in [1.807, 2.05) is 11.8 Å². The molecule has 3 heterocycles. The Morgan fingerprint density at radius 3 is 1.18 bits per heavy atom. The maximum atomic E-state index is 5.87. The van der Waals surface area contributed by atoms with Crippen LogP contribution in [0.15, 0.2) is 204 Å². The van der Waals surface area contributed by atoms with Gasteiger partial charge in [0.2, 0.25) is 0 Å². The van der Waals surface area contributed by atoms with Crippen LogP contribution in [0.4, 0.5) is 45.5 Å². The first-order chi connectivity index (χ1) is 33.7. The molecule has 3 aliphatic rings. The molecular weight excluding hydrogens is 859 g/mol. The molecule has 7 nitrogen and oxygen atoms in total. The number of hydrogen-bond donors (Lipinski definition) is 0. The molecule has 11 rings (SSSR count). The van der Waals surface area contributed by atoms with Crippen molar-refractivity contribution in [3.63, 3.8) is 0 Å². The number of anilines is 8. The van der Waals surface area contributed by atoms with Crippen molar-refractivity contribution in [1.82, 2.24) is 0 Å². The van der Waals surface area contributed by atoms with Crippen molar-refractivity contribution in [3.8, 4) is 22.3 Å². The van der Waals surface area contributed by atoms with Gasteiger partial charge in [0.1, 0.15) is 0 Å². The topological polar surface area (TPSA) is 46.6 Å². The number of hydrogen-bond acceptors (Lipinski definition) is 8. The van der Waals surface area contributed by atoms with Gasteiger partial charge in [-0.2, -0.15) is 0 Å². The van der Waals surface area contributed by atoms with Crippen LogP contribution < -0.4 is 14.7 Å². The van der Waals surface area contributed by atoms with E-state index in [2.05, 4.69) is 216 Å². The predicted octanol–water partition coefficient (Wildman–Crippen LogP) is 16.2. The quantitative estimate of drug-likeness (QED) is 0.0943. The number of ether oxygens (including phenoxy) is 4. The smallest absolute Gasteiger partial charge is 0.184 e. The zero-order valence-electron chi connectivity index (χ0n) is 38.4. The zero-order valence-corrected chi connectivity index (χ0v) is 39.2. The molecule has 8 aromatic rings. The standard InChI is InChI=1S/C60H55N3O4S/c1-2-3-4-11-36-61-55-34-32-53(62(51-28-20-47(21-29-51)59-64-37-38-65-59)49-24-16-45(17-25-49)43-12-7-5-8-13-43)41-57(55)68-58-42-54(33-35-56(58)61)63(52-30-22-48(23-31-52)60-66-39-40-67-60)50-26-18-46(19-27-50)44-14-9-6-10-15-44/h5-10,12-35,41-42,59-60H,2-4,11,36-40H2,1H3. The molecule has 0 spiro atoms. The Kier molecular flexibility index (Phi) is 13.1. The molecule has 2 saturated heterocycles. The van der Waals surface area contributed by atoms with Gasteiger partial charge in [0.05, 0.1) is 37.8 Å². The Balaban J connectivity index is 0.981. The fraction of sp³-hybridized carbons (Fsp3) is 0.200. The van der Waals surface area contributed by atoms with E-state index in [0.29, 0.717) is 26.4 Å². The Labute approximate surface area is 404 Å². The average molecular weight is 914 g/mol. The van der Waals surface area contributed by atoms with Crippen LogP contribution in [0.3, 0.4) is 0 Å². The highest BCUT2D eigenvalue weighted by atomic mass is 32.2. The number of benzene rings is 8. The van der Waals surface area contributed by atoms with Crippen molar-refractivity contribution in [2.45, 2.75) is 55.0 Å². The molecule has 0 N–H and O–H groups in total. The van der Waals surface area contributed by atoms with Gasteiger partial charge in [0.15, 0.2) is 12.6 Å². The molecule has 0 saturated carbocycles. The molecule has 8 aromatic carbocycles. The second kappa shape index (κ2) is 20.3. The van der Waals surface area contributed by atoms with Gasteiger partial charge < -0.3 is 33.6 Å². The molecule has 0 atom stereocenters. The van der Waals surface area contributed by atoms with E-state index in [4.69, 9.17) is 18.9 Å². The largest absolute Gasteiger partial charge is 0.346 e. The van der Waals surface area contributed by atoms with E-state index >= 15 is 0 Å². The highest BCUT2D eigenvalue weighted by Crippen LogP contribution is 2.52. The number of unbranched alkanes of at least 4 members (excludes halogenated alkanes) is 3. The van der Waals surface area contributed by atoms with Crippen molar-refractivity contribution in [2.24, 2.45) is 0 Å². The van der Waals surface area contributed by atoms with Crippen molar-refractivity contribution in [3.05, 3.63) is 205 Å². The molecule has 0 amide bonds. The fourth-order valence-electron chi connectivity index (χ4n) is 9.50. The van der Waals surface area contributed by atoms with Crippen LogP contribution in [0, 0.1) is 0 Å². The summed E-state index contributed by atoms with van der Waals surface area (Å²) in [6.07, 6.45) is 4.07. The van der Waals surface area contributed by atoms with Gasteiger partial charge in [-0.3, -0.25) is 0 Å². The Morgan fingerprint density at radius 1 is 0.412 bits per heavy atom. The van der Waals surface area contributed by atoms with Crippen LogP contribution >= 0.6 is 11.8 Å². The van der Waals surface area contributed by atoms with E-state index in [0.717, 1.165) is 58.2 Å². The lowest BCUT2D eigenvalue weighted by Crippen LogP contribution is -2.22. The second-order valence-electron chi connectivity index (χ2n) is 17.4. The lowest BCUT2D eigenvalue weighted by atomic mass is 10.0. The predicted molar refractivity (Wildman–Crippen MR) is 278 cm³/mol. The summed E-state index contributed by atoms with van der Waals surface area (Å²) < 4.78 is 23.5. The van der Waals surface area contributed by atoms with E-state index in [1.165, 1.54) is 62.7 Å². The lowest BCUT2D eigenvalue weighted by Gasteiger charge is -2.35. The van der Waals surface area contributed by atoms with Crippen LogP contribution in [0.5, 0.6) is 0 Å². The molecule has 0 aliphatic carbocycles. The van der Waals surface area contributed by atoms with Gasteiger partial charge in [-0.05, 0) is 114 Å². The molecule has 0 aromatic heterocycles. The first-order valence-corrected chi connectivity index (χ1v) is 24.8. The minimum absolute atomic E-state index is 0.332. The van der Waals surface area contributed by atoms with Gasteiger partial charge in [0, 0.05) is 61.6 Å². The summed E-state index contributed by atoms with van der Waals surface area (Å²) in [6, 6.07) is 70.2. The van der Waals surface area contributed by atoms with Crippen molar-refractivity contribution in [1.29, 1.82) is 0 Å². The minimum Gasteiger partial charge on any atom is -0.346 e. The summed E-state index contributed by atoms with van der Waals surface area (Å²) >= 11 is 1.85. The van der Waals surface area contributed by atoms with E-state index < -0.39 is 0 Å². The Hall–Kier alpha value is -6.65. The monoisotopic (exact) mass is 913 g/mol. The van der Waals surface area contributed by atoms with Crippen LogP contribution in [0.25, 0.3) is 22.3 Å². The van der Waals surface area contributed by atoms with Crippen molar-refractivity contribution >= 4 is 57.3 Å². The van der Waals surface area contributed by atoms with E-state index in [1.54, 1.807) is 0 Å². The summed E-state index contributed by atoms with van der Waals surface area (Å²) in [5, 5.41) is 0. The molecule has 68 heavy (non-hydrogen) atoms. The third kappa shape index (κ3) is 9.31. The van der Waals surface area contributed by atoms with E-state index in [-0.39, 0.29) is 12.6 Å². The van der Waals surface area contributed by atoms with Crippen LogP contribution in [0.1, 0.15) is 56.3 Å². The number of rotatable bonds is 15. The van der Waals surface area contributed by atoms with Crippen LogP contribution in [0.2, 0.25) is 0 Å². The molecule has 8 heteroatoms. The normalized spacial score (nSPS) is 14.8. The first-order valence-electron chi connectivity index (χ1n) is 24.0. The van der Waals surface area contributed by atoms with Crippen molar-refractivity contribution in [2.75, 3.05) is 47.7 Å². The molecule has 340 valence electrons. The first kappa shape index (κ1) is 43.9. The summed E-state index contributed by atoms with van der Waals surface area (Å²) in [6.45, 7) is 5.66. The fourth-order valence-corrected chi connectivity index (χ4v) is 10.7. The Morgan fingerprint density at radius 2 is 0.779 bits per heavy atom. The average Bonchev–Trinajstić information content (AvgIpc) is 4.16. The zero-order chi connectivity index (χ0) is 45.7. The summed E-state index contributed by atoms with van der Waals surface area (Å²) in [4.78, 5) is 9.71. The molecule has 2 fully saturated rings. The number of nitrogens with zero attached hydrogens (tertiary/aromatic N) is 3. The summed E-state index contributed by atoms with van der Waals surface area (Å²) in [5.74, 6) is 0.